The second-order valence-electron chi connectivity index (χ2n) is 26.5. The number of amides is 2. The molecule has 106 heavy (non-hydrogen) atoms. The van der Waals surface area contributed by atoms with E-state index in [1.165, 1.54) is 0 Å². The van der Waals surface area contributed by atoms with E-state index in [2.05, 4.69) is 10.6 Å². The number of carbonyl (C=O) groups is 2. The molecule has 2 amide bonds. The summed E-state index contributed by atoms with van der Waals surface area (Å²) in [6, 6.07) is -3.61. The Balaban J connectivity index is 1.14. The van der Waals surface area contributed by atoms with Gasteiger partial charge in [-0.15, -0.1) is 0 Å². The zero-order valence-corrected chi connectivity index (χ0v) is 56.3. The minimum Gasteiger partial charge on any atom is -0.394 e. The van der Waals surface area contributed by atoms with Gasteiger partial charge in [0.25, 0.3) is 0 Å². The van der Waals surface area contributed by atoms with Crippen LogP contribution in [0.25, 0.3) is 0 Å². The van der Waals surface area contributed by atoms with Crippen molar-refractivity contribution in [3.63, 3.8) is 0 Å². The minimum atomic E-state index is -2.56. The highest BCUT2D eigenvalue weighted by atomic mass is 16.8. The van der Waals surface area contributed by atoms with Crippen molar-refractivity contribution in [3.8, 4) is 0 Å². The first-order chi connectivity index (χ1) is 50.1. The molecule has 44 atom stereocenters. The standard InChI is InChI=1S/C58H100N2O46/c1-13(69)59-15(3-61)26(72)45(16(71)4-62)101-51-25(60-14(2)70)34(80)46(22(10-68)98-51)102-56-44(90)48(104-58-50(39(85)31(77)21(9-67)97-58)106-55-42(88)37(83)29(75)19(7-65)95-55)33(79)24(100-56)11-91-52-43(89)47(103-53-40(86)35(81)27(73)17(5-63)93-53)32(78)23(99-52)12-92-57-49(38(84)30(76)20(8-66)96-57)105-54-41(87)36(82)28(74)18(6-64)94-54/h15-58,61-68,71-90H,3-12H2,1-2H3,(H,59,69)(H,60,70)/t15-,16+,17+,18+,19+,20+,21+,22+,23+,24+,25+,26+,27+,28+,29+,30+,31+,32+,33+,34+,35-,36-,37-,38-,39-,40-,41-,42-,43-,44-,45+,46+,47-,48-,49-,50-,51-,52-,53+,54+,55+,56-,57-,58+/m0/s1. The molecule has 0 radical (unpaired) electrons. The summed E-state index contributed by atoms with van der Waals surface area (Å²) in [6.45, 7) is -9.13. The number of hydrogen-bond donors (Lipinski definition) is 30. The lowest BCUT2D eigenvalue weighted by Gasteiger charge is -2.50. The van der Waals surface area contributed by atoms with Crippen LogP contribution in [-0.4, -0.2) is 491 Å². The molecule has 8 saturated heterocycles. The molecule has 0 unspecified atom stereocenters. The minimum absolute atomic E-state index is 0.809. The normalized spacial score (nSPS) is 48.0. The molecule has 0 saturated carbocycles. The summed E-state index contributed by atoms with van der Waals surface area (Å²) >= 11 is 0. The Morgan fingerprint density at radius 3 is 1.06 bits per heavy atom. The van der Waals surface area contributed by atoms with Crippen LogP contribution >= 0.6 is 0 Å². The first-order valence-corrected chi connectivity index (χ1v) is 33.6. The van der Waals surface area contributed by atoms with Crippen molar-refractivity contribution >= 4 is 11.8 Å². The Labute approximate surface area is 599 Å². The fourth-order valence-electron chi connectivity index (χ4n) is 13.1. The van der Waals surface area contributed by atoms with Crippen LogP contribution < -0.4 is 10.6 Å². The number of rotatable bonds is 31. The van der Waals surface area contributed by atoms with Crippen LogP contribution in [0.4, 0.5) is 0 Å². The quantitative estimate of drug-likeness (QED) is 0.0306. The van der Waals surface area contributed by atoms with Crippen LogP contribution in [0.2, 0.25) is 0 Å². The van der Waals surface area contributed by atoms with Gasteiger partial charge >= 0.3 is 0 Å². The maximum absolute atomic E-state index is 12.9. The van der Waals surface area contributed by atoms with Gasteiger partial charge in [0.1, 0.15) is 214 Å². The Morgan fingerprint density at radius 1 is 0.321 bits per heavy atom. The third kappa shape index (κ3) is 19.7. The summed E-state index contributed by atoms with van der Waals surface area (Å²) < 4.78 is 93.1. The van der Waals surface area contributed by atoms with Crippen LogP contribution in [0.1, 0.15) is 13.8 Å². The predicted octanol–water partition coefficient (Wildman–Crippen LogP) is -20.7. The summed E-state index contributed by atoms with van der Waals surface area (Å²) in [4.78, 5) is 24.9. The summed E-state index contributed by atoms with van der Waals surface area (Å²) in [6.07, 6.45) is -89.9. The highest BCUT2D eigenvalue weighted by Gasteiger charge is 2.60. The molecule has 48 heteroatoms. The summed E-state index contributed by atoms with van der Waals surface area (Å²) in [5.74, 6) is -1.79. The summed E-state index contributed by atoms with van der Waals surface area (Å²) in [5, 5.41) is 310. The average Bonchev–Trinajstić information content (AvgIpc) is 0.784. The predicted molar refractivity (Wildman–Crippen MR) is 322 cm³/mol. The molecule has 48 nitrogen and oxygen atoms in total. The van der Waals surface area contributed by atoms with Crippen molar-refractivity contribution < 1.29 is 228 Å². The molecule has 0 aromatic heterocycles. The molecule has 8 fully saturated rings. The fourth-order valence-corrected chi connectivity index (χ4v) is 13.1. The van der Waals surface area contributed by atoms with Crippen molar-refractivity contribution in [2.45, 2.75) is 284 Å². The molecule has 0 aromatic rings. The van der Waals surface area contributed by atoms with E-state index in [4.69, 9.17) is 75.8 Å². The zero-order chi connectivity index (χ0) is 78.4. The topological polar surface area (TPSA) is 772 Å². The number of hydrogen-bond acceptors (Lipinski definition) is 46. The molecule has 8 aliphatic rings. The van der Waals surface area contributed by atoms with Gasteiger partial charge in [-0.3, -0.25) is 9.59 Å². The van der Waals surface area contributed by atoms with E-state index < -0.39 is 348 Å². The van der Waals surface area contributed by atoms with Crippen LogP contribution in [0.3, 0.4) is 0 Å². The Bertz CT molecular complexity index is 2660. The smallest absolute Gasteiger partial charge is 0.217 e. The van der Waals surface area contributed by atoms with E-state index in [9.17, 15) is 153 Å². The molecule has 0 bridgehead atoms. The van der Waals surface area contributed by atoms with Gasteiger partial charge in [0, 0.05) is 13.8 Å². The summed E-state index contributed by atoms with van der Waals surface area (Å²) in [7, 11) is 0. The van der Waals surface area contributed by atoms with Crippen LogP contribution in [0, 0.1) is 0 Å². The van der Waals surface area contributed by atoms with E-state index in [1.54, 1.807) is 0 Å². The van der Waals surface area contributed by atoms with Crippen molar-refractivity contribution in [2.75, 3.05) is 66.1 Å². The molecular weight excluding hydrogens is 1460 g/mol. The van der Waals surface area contributed by atoms with Gasteiger partial charge in [-0.2, -0.15) is 0 Å². The third-order valence-corrected chi connectivity index (χ3v) is 19.2. The van der Waals surface area contributed by atoms with Crippen molar-refractivity contribution in [1.29, 1.82) is 0 Å². The van der Waals surface area contributed by atoms with Crippen molar-refractivity contribution in [3.05, 3.63) is 0 Å². The molecule has 8 heterocycles. The Kier molecular flexibility index (Phi) is 32.9. The lowest BCUT2D eigenvalue weighted by atomic mass is 9.94. The van der Waals surface area contributed by atoms with E-state index in [-0.39, 0.29) is 0 Å². The molecule has 0 aromatic carbocycles. The Hall–Kier alpha value is -2.82. The molecule has 0 spiro atoms. The molecule has 30 N–H and O–H groups in total. The third-order valence-electron chi connectivity index (χ3n) is 19.2. The molecule has 8 aliphatic heterocycles. The van der Waals surface area contributed by atoms with Gasteiger partial charge in [-0.25, -0.2) is 0 Å². The maximum Gasteiger partial charge on any atom is 0.217 e. The van der Waals surface area contributed by atoms with E-state index in [0.717, 1.165) is 13.8 Å². The summed E-state index contributed by atoms with van der Waals surface area (Å²) in [5.41, 5.74) is 0. The fraction of sp³-hybridized carbons (Fsp3) is 0.966. The van der Waals surface area contributed by atoms with Gasteiger partial charge in [0.15, 0.2) is 50.3 Å². The first-order valence-electron chi connectivity index (χ1n) is 33.6. The maximum atomic E-state index is 12.9. The highest BCUT2D eigenvalue weighted by Crippen LogP contribution is 2.39. The lowest BCUT2D eigenvalue weighted by molar-refractivity contribution is -0.399. The van der Waals surface area contributed by atoms with Gasteiger partial charge in [-0.1, -0.05) is 0 Å². The number of carbonyl (C=O) groups excluding carboxylic acids is 2. The van der Waals surface area contributed by atoms with E-state index in [0.29, 0.717) is 0 Å². The Morgan fingerprint density at radius 2 is 0.651 bits per heavy atom. The molecular formula is C58H100N2O46. The van der Waals surface area contributed by atoms with Gasteiger partial charge in [0.05, 0.1) is 72.1 Å². The number of ether oxygens (including phenoxy) is 16. The average molecular weight is 1560 g/mol. The largest absolute Gasteiger partial charge is 0.394 e. The van der Waals surface area contributed by atoms with E-state index in [1.807, 2.05) is 0 Å². The number of nitrogens with one attached hydrogen (secondary N) is 2. The monoisotopic (exact) mass is 1560 g/mol. The van der Waals surface area contributed by atoms with Gasteiger partial charge < -0.3 is 229 Å². The van der Waals surface area contributed by atoms with Crippen LogP contribution in [-0.2, 0) is 85.4 Å². The van der Waals surface area contributed by atoms with Crippen LogP contribution in [0.15, 0.2) is 0 Å². The number of aliphatic hydroxyl groups excluding tert-OH is 28. The highest BCUT2D eigenvalue weighted by molar-refractivity contribution is 5.73. The first kappa shape index (κ1) is 88.7. The van der Waals surface area contributed by atoms with Crippen LogP contribution in [0.5, 0.6) is 0 Å². The number of aliphatic hydroxyl groups is 28. The van der Waals surface area contributed by atoms with Gasteiger partial charge in [0.2, 0.25) is 11.8 Å². The SMILES string of the molecule is CC(=O)N[C@H]1[C@H](O[C@@H]([C@H](O)[C@H](CO)NC(C)=O)[C@H](O)CO)O[C@H](CO)[C@@H](O[C@@H]2O[C@H](CO[C@H]3O[C@H](CO[C@H]4O[C@H](CO)[C@@H](O)[C@H](O)[C@@H]4O[C@H]4O[C@H](CO)[C@@H](O)[C@H](O)[C@@H]4O)[C@@H](O)[C@H](O[C@H]4O[C@H](CO)[C@@H](O)[C@H](O)[C@@H]4O)[C@@H]3O)[C@@H](O)[C@H](O[C@H]3O[C@H](CO)[C@@H](O)[C@H](O)[C@@H]3O[C@H]3O[C@H](CO)[C@@H](O)[C@H](O)[C@@H]3O)[C@@H]2O)[C@@H]1O. The van der Waals surface area contributed by atoms with E-state index >= 15 is 0 Å². The van der Waals surface area contributed by atoms with Gasteiger partial charge in [-0.05, 0) is 0 Å². The lowest BCUT2D eigenvalue weighted by Crippen LogP contribution is -2.69. The molecule has 0 aliphatic carbocycles. The second-order valence-corrected chi connectivity index (χ2v) is 26.5. The second kappa shape index (κ2) is 39.3. The zero-order valence-electron chi connectivity index (χ0n) is 56.3. The molecule has 618 valence electrons. The molecule has 8 rings (SSSR count). The van der Waals surface area contributed by atoms with Crippen molar-refractivity contribution in [1.82, 2.24) is 10.6 Å². The van der Waals surface area contributed by atoms with Crippen molar-refractivity contribution in [2.24, 2.45) is 0 Å².